The average molecular weight is 539 g/mol. The Balaban J connectivity index is 1.37. The molecular weight excluding hydrogens is 518 g/mol. The smallest absolute Gasteiger partial charge is 0.243 e. The molecule has 0 unspecified atom stereocenters. The summed E-state index contributed by atoms with van der Waals surface area (Å²) in [6.45, 7) is 0. The van der Waals surface area contributed by atoms with E-state index in [1.54, 1.807) is 65.7 Å². The molecule has 3 atom stereocenters. The summed E-state index contributed by atoms with van der Waals surface area (Å²) in [5.41, 5.74) is 3.24. The number of hydrogen-bond donors (Lipinski definition) is 2. The number of amides is 1. The minimum Gasteiger partial charge on any atom is -0.508 e. The molecule has 9 heteroatoms. The summed E-state index contributed by atoms with van der Waals surface area (Å²) >= 11 is 7.02. The van der Waals surface area contributed by atoms with Gasteiger partial charge in [-0.25, -0.2) is 8.78 Å². The average Bonchev–Trinajstić information content (AvgIpc) is 2.90. The second-order valence-corrected chi connectivity index (χ2v) is 10.2. The van der Waals surface area contributed by atoms with Crippen LogP contribution in [0.2, 0.25) is 5.02 Å². The Labute approximate surface area is 221 Å². The van der Waals surface area contributed by atoms with Gasteiger partial charge in [0, 0.05) is 23.2 Å². The summed E-state index contributed by atoms with van der Waals surface area (Å²) in [4.78, 5) is 18.8. The van der Waals surface area contributed by atoms with Gasteiger partial charge < -0.3 is 15.1 Å². The molecule has 1 aliphatic heterocycles. The Hall–Kier alpha value is -3.46. The number of benzene rings is 3. The minimum absolute atomic E-state index is 0.0273. The number of anilines is 1. The normalized spacial score (nSPS) is 17.9. The molecule has 5 nitrogen and oxygen atoms in total. The lowest BCUT2D eigenvalue weighted by Gasteiger charge is -2.47. The maximum Gasteiger partial charge on any atom is 0.243 e. The van der Waals surface area contributed by atoms with Crippen molar-refractivity contribution in [2.45, 2.75) is 17.4 Å². The number of thioether (sulfide) groups is 1. The summed E-state index contributed by atoms with van der Waals surface area (Å²) < 4.78 is 27.4. The number of phenolic OH excluding ortho intramolecular Hbond substituents is 1. The lowest BCUT2D eigenvalue weighted by molar-refractivity contribution is -0.123. The molecule has 1 fully saturated rings. The maximum absolute atomic E-state index is 13.8. The van der Waals surface area contributed by atoms with Crippen LogP contribution in [0.3, 0.4) is 0 Å². The topological polar surface area (TPSA) is 73.7 Å². The molecule has 5 rings (SSSR count). The Morgan fingerprint density at radius 3 is 2.38 bits per heavy atom. The monoisotopic (exact) mass is 538 g/mol. The number of carbonyl (C=O) groups is 1. The van der Waals surface area contributed by atoms with E-state index in [0.717, 1.165) is 17.3 Å². The number of carbonyl (C=O) groups excluding carboxylic acids is 1. The van der Waals surface area contributed by atoms with Crippen molar-refractivity contribution in [2.75, 3.05) is 10.7 Å². The quantitative estimate of drug-likeness (QED) is 0.270. The van der Waals surface area contributed by atoms with E-state index in [1.165, 1.54) is 30.0 Å². The van der Waals surface area contributed by atoms with Gasteiger partial charge in [-0.1, -0.05) is 41.9 Å². The number of aliphatic hydroxyl groups is 1. The molecule has 1 amide bonds. The second-order valence-electron chi connectivity index (χ2n) is 8.63. The van der Waals surface area contributed by atoms with Crippen LogP contribution in [0.5, 0.6) is 5.75 Å². The van der Waals surface area contributed by atoms with E-state index in [9.17, 15) is 23.8 Å². The number of phenols is 1. The molecule has 1 aromatic heterocycles. The number of pyridine rings is 1. The zero-order valence-electron chi connectivity index (χ0n) is 19.3. The second kappa shape index (κ2) is 10.5. The summed E-state index contributed by atoms with van der Waals surface area (Å²) in [5, 5.41) is 19.8. The Bertz CT molecular complexity index is 1440. The van der Waals surface area contributed by atoms with Crippen LogP contribution in [0, 0.1) is 11.6 Å². The highest BCUT2D eigenvalue weighted by molar-refractivity contribution is 8.00. The van der Waals surface area contributed by atoms with Crippen LogP contribution in [0.4, 0.5) is 14.5 Å². The predicted molar refractivity (Wildman–Crippen MR) is 141 cm³/mol. The van der Waals surface area contributed by atoms with Gasteiger partial charge in [0.15, 0.2) is 0 Å². The van der Waals surface area contributed by atoms with Gasteiger partial charge in [0.25, 0.3) is 0 Å². The summed E-state index contributed by atoms with van der Waals surface area (Å²) in [6.07, 6.45) is 1.71. The van der Waals surface area contributed by atoms with Crippen molar-refractivity contribution in [1.29, 1.82) is 0 Å². The zero-order chi connectivity index (χ0) is 26.1. The van der Waals surface area contributed by atoms with Gasteiger partial charge in [0.1, 0.15) is 22.6 Å². The number of rotatable bonds is 7. The van der Waals surface area contributed by atoms with Gasteiger partial charge in [-0.05, 0) is 59.2 Å². The van der Waals surface area contributed by atoms with Gasteiger partial charge in [-0.2, -0.15) is 0 Å². The van der Waals surface area contributed by atoms with E-state index < -0.39 is 23.0 Å². The molecule has 188 valence electrons. The van der Waals surface area contributed by atoms with E-state index in [1.807, 2.05) is 0 Å². The van der Waals surface area contributed by atoms with Crippen LogP contribution in [0.25, 0.3) is 11.1 Å². The minimum atomic E-state index is -0.988. The number of hydrogen-bond acceptors (Lipinski definition) is 5. The largest absolute Gasteiger partial charge is 0.508 e. The number of β-lactam (4-membered cyclic amide) rings is 1. The predicted octanol–water partition coefficient (Wildman–Crippen LogP) is 6.31. The van der Waals surface area contributed by atoms with Crippen molar-refractivity contribution >= 4 is 35.0 Å². The number of aromatic hydroxyl groups is 1. The Morgan fingerprint density at radius 2 is 1.70 bits per heavy atom. The Morgan fingerprint density at radius 1 is 0.973 bits per heavy atom. The third kappa shape index (κ3) is 5.18. The van der Waals surface area contributed by atoms with Crippen molar-refractivity contribution in [3.63, 3.8) is 0 Å². The number of aromatic nitrogens is 1. The fourth-order valence-electron chi connectivity index (χ4n) is 4.30. The first kappa shape index (κ1) is 25.2. The van der Waals surface area contributed by atoms with E-state index >= 15 is 0 Å². The third-order valence-electron chi connectivity index (χ3n) is 6.23. The highest BCUT2D eigenvalue weighted by atomic mass is 35.5. The van der Waals surface area contributed by atoms with E-state index in [2.05, 4.69) is 4.98 Å². The third-order valence-corrected chi connectivity index (χ3v) is 7.86. The fraction of sp³-hybridized carbons (Fsp3) is 0.143. The SMILES string of the molecule is O=C1[C@H](SC[C@@H](O)c2ccc(Cl)c(F)c2)[C@@H](c2ccc(O)cc2)N1c1ccc(-c2cncc(F)c2)cc1. The lowest BCUT2D eigenvalue weighted by atomic mass is 9.92. The highest BCUT2D eigenvalue weighted by Gasteiger charge is 2.49. The summed E-state index contributed by atoms with van der Waals surface area (Å²) in [7, 11) is 0. The van der Waals surface area contributed by atoms with Crippen molar-refractivity contribution in [3.05, 3.63) is 113 Å². The first-order valence-electron chi connectivity index (χ1n) is 11.4. The molecule has 4 aromatic rings. The first-order valence-corrected chi connectivity index (χ1v) is 12.8. The van der Waals surface area contributed by atoms with Gasteiger partial charge in [0.2, 0.25) is 5.91 Å². The Kier molecular flexibility index (Phi) is 7.15. The van der Waals surface area contributed by atoms with Crippen LogP contribution in [-0.4, -0.2) is 32.1 Å². The van der Waals surface area contributed by atoms with Crippen LogP contribution in [-0.2, 0) is 4.79 Å². The van der Waals surface area contributed by atoms with Gasteiger partial charge in [0.05, 0.1) is 23.4 Å². The van der Waals surface area contributed by atoms with Crippen LogP contribution in [0.15, 0.2) is 85.2 Å². The molecule has 3 aromatic carbocycles. The van der Waals surface area contributed by atoms with Gasteiger partial charge in [-0.3, -0.25) is 9.78 Å². The molecule has 0 spiro atoms. The fourth-order valence-corrected chi connectivity index (χ4v) is 5.72. The molecule has 1 aliphatic rings. The molecule has 2 N–H and O–H groups in total. The molecule has 37 heavy (non-hydrogen) atoms. The van der Waals surface area contributed by atoms with E-state index in [0.29, 0.717) is 16.8 Å². The van der Waals surface area contributed by atoms with Crippen molar-refractivity contribution < 1.29 is 23.8 Å². The van der Waals surface area contributed by atoms with Gasteiger partial charge in [-0.15, -0.1) is 11.8 Å². The van der Waals surface area contributed by atoms with E-state index in [4.69, 9.17) is 11.6 Å². The molecule has 0 radical (unpaired) electrons. The standard InChI is InChI=1S/C28H21ClF2N2O3S/c29-23-10-5-18(12-24(23)31)25(35)15-37-27-26(17-3-8-22(34)9-4-17)33(28(27)36)21-6-1-16(2-7-21)19-11-20(30)14-32-13-19/h1-14,25-27,34-35H,15H2/t25-,26-,27-/m1/s1. The van der Waals surface area contributed by atoms with Gasteiger partial charge >= 0.3 is 0 Å². The summed E-state index contributed by atoms with van der Waals surface area (Å²) in [6, 6.07) is 19.0. The van der Waals surface area contributed by atoms with E-state index in [-0.39, 0.29) is 28.5 Å². The van der Waals surface area contributed by atoms with Crippen LogP contribution < -0.4 is 4.90 Å². The van der Waals surface area contributed by atoms with Crippen molar-refractivity contribution in [2.24, 2.45) is 0 Å². The molecule has 0 aliphatic carbocycles. The van der Waals surface area contributed by atoms with Crippen molar-refractivity contribution in [1.82, 2.24) is 4.98 Å². The first-order chi connectivity index (χ1) is 17.8. The number of nitrogens with zero attached hydrogens (tertiary/aromatic N) is 2. The van der Waals surface area contributed by atoms with Crippen LogP contribution >= 0.6 is 23.4 Å². The highest BCUT2D eigenvalue weighted by Crippen LogP contribution is 2.46. The molecule has 1 saturated heterocycles. The number of aliphatic hydroxyl groups excluding tert-OH is 1. The molecule has 0 saturated carbocycles. The molecule has 2 heterocycles. The molecule has 0 bridgehead atoms. The maximum atomic E-state index is 13.8. The molecular formula is C28H21ClF2N2O3S. The van der Waals surface area contributed by atoms with Crippen LogP contribution in [0.1, 0.15) is 23.3 Å². The lowest BCUT2D eigenvalue weighted by Crippen LogP contribution is -2.57. The zero-order valence-corrected chi connectivity index (χ0v) is 20.8. The summed E-state index contributed by atoms with van der Waals surface area (Å²) in [5.74, 6) is -0.911. The number of halogens is 3. The van der Waals surface area contributed by atoms with Crippen molar-refractivity contribution in [3.8, 4) is 16.9 Å².